The van der Waals surface area contributed by atoms with Gasteiger partial charge in [0.2, 0.25) is 0 Å². The summed E-state index contributed by atoms with van der Waals surface area (Å²) in [5.74, 6) is -1.30. The highest BCUT2D eigenvalue weighted by atomic mass is 35.5. The number of hydrogen-bond acceptors (Lipinski definition) is 5. The molecule has 126 valence electrons. The zero-order valence-corrected chi connectivity index (χ0v) is 14.2. The largest absolute Gasteiger partial charge is 0.456 e. The lowest BCUT2D eigenvalue weighted by atomic mass is 10.3. The number of rotatable bonds is 7. The molecule has 24 heavy (non-hydrogen) atoms. The molecule has 0 fully saturated rings. The van der Waals surface area contributed by atoms with Crippen LogP contribution in [0.3, 0.4) is 0 Å². The van der Waals surface area contributed by atoms with Crippen LogP contribution in [-0.4, -0.2) is 30.9 Å². The summed E-state index contributed by atoms with van der Waals surface area (Å²) in [5, 5.41) is 7.33. The average molecular weight is 367 g/mol. The van der Waals surface area contributed by atoms with E-state index in [1.165, 1.54) is 11.3 Å². The minimum absolute atomic E-state index is 0.0174. The zero-order valence-electron chi connectivity index (χ0n) is 12.6. The van der Waals surface area contributed by atoms with Crippen LogP contribution in [-0.2, 0) is 14.3 Å². The highest BCUT2D eigenvalue weighted by molar-refractivity contribution is 7.12. The van der Waals surface area contributed by atoms with E-state index >= 15 is 0 Å². The Morgan fingerprint density at radius 2 is 1.92 bits per heavy atom. The molecule has 2 amide bonds. The number of esters is 1. The molecule has 1 heterocycles. The van der Waals surface area contributed by atoms with Crippen molar-refractivity contribution in [3.05, 3.63) is 51.7 Å². The van der Waals surface area contributed by atoms with Gasteiger partial charge in [-0.1, -0.05) is 29.8 Å². The summed E-state index contributed by atoms with van der Waals surface area (Å²) < 4.78 is 4.85. The molecule has 0 spiro atoms. The minimum Gasteiger partial charge on any atom is -0.456 e. The van der Waals surface area contributed by atoms with Gasteiger partial charge in [-0.25, -0.2) is 0 Å². The Balaban J connectivity index is 1.65. The third-order valence-electron chi connectivity index (χ3n) is 2.87. The molecule has 0 unspecified atom stereocenters. The molecule has 8 heteroatoms. The molecule has 0 radical (unpaired) electrons. The third kappa shape index (κ3) is 5.68. The molecule has 2 aromatic rings. The van der Waals surface area contributed by atoms with E-state index in [2.05, 4.69) is 10.6 Å². The quantitative estimate of drug-likeness (QED) is 0.738. The summed E-state index contributed by atoms with van der Waals surface area (Å²) in [6, 6.07) is 10.2. The van der Waals surface area contributed by atoms with Crippen molar-refractivity contribution in [2.24, 2.45) is 0 Å². The fourth-order valence-electron chi connectivity index (χ4n) is 1.74. The molecule has 0 aliphatic rings. The molecule has 2 N–H and O–H groups in total. The van der Waals surface area contributed by atoms with Gasteiger partial charge in [-0.3, -0.25) is 14.4 Å². The van der Waals surface area contributed by atoms with E-state index < -0.39 is 18.5 Å². The van der Waals surface area contributed by atoms with Gasteiger partial charge in [0, 0.05) is 6.54 Å². The number of anilines is 1. The normalized spacial score (nSPS) is 10.0. The summed E-state index contributed by atoms with van der Waals surface area (Å²) in [7, 11) is 0. The lowest BCUT2D eigenvalue weighted by Crippen LogP contribution is -2.27. The van der Waals surface area contributed by atoms with Crippen molar-refractivity contribution >= 4 is 46.4 Å². The topological polar surface area (TPSA) is 84.5 Å². The number of nitrogens with one attached hydrogen (secondary N) is 2. The fraction of sp³-hybridized carbons (Fsp3) is 0.188. The van der Waals surface area contributed by atoms with Crippen LogP contribution in [0.15, 0.2) is 41.8 Å². The van der Waals surface area contributed by atoms with E-state index in [9.17, 15) is 14.4 Å². The second-order valence-electron chi connectivity index (χ2n) is 4.67. The van der Waals surface area contributed by atoms with Crippen LogP contribution >= 0.6 is 22.9 Å². The Morgan fingerprint density at radius 1 is 1.12 bits per heavy atom. The van der Waals surface area contributed by atoms with Crippen LogP contribution in [0.25, 0.3) is 0 Å². The van der Waals surface area contributed by atoms with Crippen molar-refractivity contribution in [2.75, 3.05) is 18.5 Å². The summed E-state index contributed by atoms with van der Waals surface area (Å²) >= 11 is 7.22. The molecule has 0 saturated carbocycles. The van der Waals surface area contributed by atoms with Crippen molar-refractivity contribution < 1.29 is 19.1 Å². The number of carbonyl (C=O) groups excluding carboxylic acids is 3. The monoisotopic (exact) mass is 366 g/mol. The fourth-order valence-corrected chi connectivity index (χ4v) is 2.56. The zero-order chi connectivity index (χ0) is 17.4. The Hall–Kier alpha value is -2.38. The first-order valence-electron chi connectivity index (χ1n) is 7.08. The number of halogens is 1. The number of para-hydroxylation sites is 1. The van der Waals surface area contributed by atoms with Gasteiger partial charge in [-0.05, 0) is 23.6 Å². The number of carbonyl (C=O) groups is 3. The number of ether oxygens (including phenoxy) is 1. The number of hydrogen-bond donors (Lipinski definition) is 2. The number of thiophene rings is 1. The molecular weight excluding hydrogens is 352 g/mol. The molecular formula is C16H15ClN2O4S. The summed E-state index contributed by atoms with van der Waals surface area (Å²) in [4.78, 5) is 35.5. The van der Waals surface area contributed by atoms with E-state index in [0.717, 1.165) is 0 Å². The highest BCUT2D eigenvalue weighted by Crippen LogP contribution is 2.20. The van der Waals surface area contributed by atoms with Crippen molar-refractivity contribution in [3.8, 4) is 0 Å². The van der Waals surface area contributed by atoms with E-state index in [0.29, 0.717) is 15.6 Å². The maximum atomic E-state index is 11.7. The third-order valence-corrected chi connectivity index (χ3v) is 4.07. The van der Waals surface area contributed by atoms with Gasteiger partial charge < -0.3 is 15.4 Å². The van der Waals surface area contributed by atoms with E-state index in [1.807, 2.05) is 0 Å². The lowest BCUT2D eigenvalue weighted by molar-refractivity contribution is -0.147. The number of benzene rings is 1. The Labute approximate surface area is 147 Å². The van der Waals surface area contributed by atoms with Crippen LogP contribution in [0, 0.1) is 0 Å². The first-order chi connectivity index (χ1) is 11.6. The summed E-state index contributed by atoms with van der Waals surface area (Å²) in [6.45, 7) is -0.273. The molecule has 0 aliphatic heterocycles. The smallest absolute Gasteiger partial charge is 0.308 e. The molecule has 1 aromatic heterocycles. The maximum Gasteiger partial charge on any atom is 0.308 e. The molecule has 0 atom stereocenters. The highest BCUT2D eigenvalue weighted by Gasteiger charge is 2.11. The Morgan fingerprint density at radius 3 is 2.62 bits per heavy atom. The first-order valence-corrected chi connectivity index (χ1v) is 8.33. The number of amides is 2. The maximum absolute atomic E-state index is 11.7. The van der Waals surface area contributed by atoms with Crippen LogP contribution < -0.4 is 10.6 Å². The first kappa shape index (κ1) is 18.0. The second-order valence-corrected chi connectivity index (χ2v) is 6.03. The summed E-state index contributed by atoms with van der Waals surface area (Å²) in [5.41, 5.74) is 0.448. The van der Waals surface area contributed by atoms with Crippen LogP contribution in [0.4, 0.5) is 5.69 Å². The molecule has 0 saturated heterocycles. The van der Waals surface area contributed by atoms with E-state index in [-0.39, 0.29) is 18.9 Å². The Bertz CT molecular complexity index is 719. The molecule has 1 aromatic carbocycles. The van der Waals surface area contributed by atoms with Crippen molar-refractivity contribution in [3.63, 3.8) is 0 Å². The molecule has 2 rings (SSSR count). The van der Waals surface area contributed by atoms with Gasteiger partial charge in [0.25, 0.3) is 11.8 Å². The molecule has 0 bridgehead atoms. The predicted molar refractivity (Wildman–Crippen MR) is 92.3 cm³/mol. The van der Waals surface area contributed by atoms with Gasteiger partial charge in [0.05, 0.1) is 22.0 Å². The lowest BCUT2D eigenvalue weighted by Gasteiger charge is -2.08. The van der Waals surface area contributed by atoms with Gasteiger partial charge >= 0.3 is 5.97 Å². The van der Waals surface area contributed by atoms with Crippen molar-refractivity contribution in [1.29, 1.82) is 0 Å². The van der Waals surface area contributed by atoms with E-state index in [1.54, 1.807) is 41.8 Å². The Kier molecular flexibility index (Phi) is 6.77. The van der Waals surface area contributed by atoms with Gasteiger partial charge in [0.1, 0.15) is 0 Å². The molecule has 0 aliphatic carbocycles. The van der Waals surface area contributed by atoms with Crippen LogP contribution in [0.5, 0.6) is 0 Å². The van der Waals surface area contributed by atoms with Crippen LogP contribution in [0.1, 0.15) is 16.1 Å². The summed E-state index contributed by atoms with van der Waals surface area (Å²) in [6.07, 6.45) is -0.0174. The second kappa shape index (κ2) is 9.05. The van der Waals surface area contributed by atoms with Gasteiger partial charge in [0.15, 0.2) is 6.61 Å². The minimum atomic E-state index is -0.573. The van der Waals surface area contributed by atoms with Crippen molar-refractivity contribution in [2.45, 2.75) is 6.42 Å². The average Bonchev–Trinajstić information content (AvgIpc) is 3.09. The standard InChI is InChI=1S/C16H15ClN2O4S/c17-11-4-1-2-5-12(11)19-14(20)10-23-15(21)7-8-18-16(22)13-6-3-9-24-13/h1-6,9H,7-8,10H2,(H,18,22)(H,19,20). The SMILES string of the molecule is O=C(COC(=O)CCNC(=O)c1cccs1)Nc1ccccc1Cl. The predicted octanol–water partition coefficient (Wildman–Crippen LogP) is 2.70. The van der Waals surface area contributed by atoms with Gasteiger partial charge in [-0.15, -0.1) is 11.3 Å². The van der Waals surface area contributed by atoms with Crippen LogP contribution in [0.2, 0.25) is 5.02 Å². The van der Waals surface area contributed by atoms with Gasteiger partial charge in [-0.2, -0.15) is 0 Å². The molecule has 6 nitrogen and oxygen atoms in total. The van der Waals surface area contributed by atoms with Crippen molar-refractivity contribution in [1.82, 2.24) is 5.32 Å². The van der Waals surface area contributed by atoms with E-state index in [4.69, 9.17) is 16.3 Å².